The second-order valence-corrected chi connectivity index (χ2v) is 9.15. The Labute approximate surface area is 198 Å². The number of aryl methyl sites for hydroxylation is 1. The fourth-order valence-corrected chi connectivity index (χ4v) is 4.30. The third kappa shape index (κ3) is 7.04. The Hall–Kier alpha value is -3.93. The normalized spacial score (nSPS) is 11.7. The summed E-state index contributed by atoms with van der Waals surface area (Å²) < 4.78 is 27.5. The molecule has 0 radical (unpaired) electrons. The van der Waals surface area contributed by atoms with Gasteiger partial charge < -0.3 is 10.2 Å². The number of ketones is 1. The van der Waals surface area contributed by atoms with E-state index in [1.54, 1.807) is 60.7 Å². The van der Waals surface area contributed by atoms with Crippen molar-refractivity contribution in [2.45, 2.75) is 30.3 Å². The van der Waals surface area contributed by atoms with Gasteiger partial charge in [-0.3, -0.25) is 14.3 Å². The summed E-state index contributed by atoms with van der Waals surface area (Å²) in [5.41, 5.74) is 1.74. The van der Waals surface area contributed by atoms with Gasteiger partial charge in [-0.2, -0.15) is 0 Å². The summed E-state index contributed by atoms with van der Waals surface area (Å²) in [7, 11) is -3.75. The van der Waals surface area contributed by atoms with Gasteiger partial charge in [0, 0.05) is 24.0 Å². The fourth-order valence-electron chi connectivity index (χ4n) is 3.23. The van der Waals surface area contributed by atoms with Crippen LogP contribution in [0, 0.1) is 11.8 Å². The molecule has 3 rings (SSSR count). The smallest absolute Gasteiger partial charge is 0.303 e. The van der Waals surface area contributed by atoms with Gasteiger partial charge in [-0.15, -0.1) is 0 Å². The number of carboxylic acid groups (broad SMARTS) is 1. The molecule has 0 amide bonds. The van der Waals surface area contributed by atoms with Gasteiger partial charge in [0.25, 0.3) is 10.0 Å². The average Bonchev–Trinajstić information content (AvgIpc) is 2.82. The molecule has 0 unspecified atom stereocenters. The van der Waals surface area contributed by atoms with Crippen LogP contribution in [0.2, 0.25) is 0 Å². The van der Waals surface area contributed by atoms with Crippen molar-refractivity contribution in [3.63, 3.8) is 0 Å². The van der Waals surface area contributed by atoms with Crippen LogP contribution in [-0.2, 0) is 21.2 Å². The van der Waals surface area contributed by atoms with Gasteiger partial charge in [0.05, 0.1) is 10.6 Å². The van der Waals surface area contributed by atoms with Crippen molar-refractivity contribution < 1.29 is 28.2 Å². The predicted octanol–water partition coefficient (Wildman–Crippen LogP) is 3.49. The minimum atomic E-state index is -3.75. The maximum atomic E-state index is 12.6. The highest BCUT2D eigenvalue weighted by Gasteiger charge is 2.16. The molecule has 3 aromatic carbocycles. The van der Waals surface area contributed by atoms with Gasteiger partial charge >= 0.3 is 5.97 Å². The molecule has 0 aliphatic heterocycles. The van der Waals surface area contributed by atoms with Crippen LogP contribution in [0.15, 0.2) is 83.8 Å². The number of benzene rings is 3. The highest BCUT2D eigenvalue weighted by atomic mass is 32.2. The van der Waals surface area contributed by atoms with Gasteiger partial charge in [0.2, 0.25) is 0 Å². The molecule has 0 saturated carbocycles. The van der Waals surface area contributed by atoms with Crippen molar-refractivity contribution in [1.29, 1.82) is 0 Å². The largest absolute Gasteiger partial charge is 0.481 e. The molecule has 3 N–H and O–H groups in total. The van der Waals surface area contributed by atoms with E-state index in [4.69, 9.17) is 5.11 Å². The Balaban J connectivity index is 1.68. The molecule has 0 spiro atoms. The third-order valence-electron chi connectivity index (χ3n) is 4.86. The predicted molar refractivity (Wildman–Crippen MR) is 128 cm³/mol. The Morgan fingerprint density at radius 3 is 2.38 bits per heavy atom. The minimum Gasteiger partial charge on any atom is -0.481 e. The number of aliphatic carboxylic acids is 1. The van der Waals surface area contributed by atoms with E-state index in [9.17, 15) is 23.1 Å². The van der Waals surface area contributed by atoms with Gasteiger partial charge in [-0.1, -0.05) is 60.4 Å². The molecule has 7 nitrogen and oxygen atoms in total. The Bertz CT molecular complexity index is 1340. The highest BCUT2D eigenvalue weighted by molar-refractivity contribution is 7.92. The zero-order valence-corrected chi connectivity index (χ0v) is 19.0. The molecule has 1 atom stereocenters. The average molecular weight is 478 g/mol. The van der Waals surface area contributed by atoms with Crippen LogP contribution < -0.4 is 4.72 Å². The minimum absolute atomic E-state index is 0.100. The van der Waals surface area contributed by atoms with Crippen molar-refractivity contribution in [1.82, 2.24) is 0 Å². The summed E-state index contributed by atoms with van der Waals surface area (Å²) in [6.45, 7) is 0. The molecule has 34 heavy (non-hydrogen) atoms. The number of sulfonamides is 1. The highest BCUT2D eigenvalue weighted by Crippen LogP contribution is 2.17. The number of anilines is 1. The van der Waals surface area contributed by atoms with E-state index in [1.807, 2.05) is 0 Å². The lowest BCUT2D eigenvalue weighted by Gasteiger charge is -2.09. The molecule has 0 aliphatic rings. The van der Waals surface area contributed by atoms with Crippen molar-refractivity contribution in [3.05, 3.63) is 95.6 Å². The molecule has 0 aromatic heterocycles. The van der Waals surface area contributed by atoms with Gasteiger partial charge in [0.1, 0.15) is 6.10 Å². The Morgan fingerprint density at radius 2 is 1.65 bits per heavy atom. The lowest BCUT2D eigenvalue weighted by molar-refractivity contribution is -0.136. The van der Waals surface area contributed by atoms with Crippen molar-refractivity contribution in [3.8, 4) is 11.8 Å². The van der Waals surface area contributed by atoms with E-state index < -0.39 is 22.1 Å². The molecular weight excluding hydrogens is 454 g/mol. The maximum Gasteiger partial charge on any atom is 0.303 e. The van der Waals surface area contributed by atoms with Crippen LogP contribution in [0.25, 0.3) is 0 Å². The molecule has 3 aromatic rings. The molecule has 0 bridgehead atoms. The SMILES string of the molecule is O=C(O)CCc1ccccc1C(=O)C[C@@H](O)C#Cc1cccc(NS(=O)(=O)c2ccccc2)c1. The topological polar surface area (TPSA) is 121 Å². The first-order valence-electron chi connectivity index (χ1n) is 10.4. The number of nitrogens with one attached hydrogen (secondary N) is 1. The van der Waals surface area contributed by atoms with Gasteiger partial charge in [-0.25, -0.2) is 8.42 Å². The monoisotopic (exact) mass is 477 g/mol. The molecule has 8 heteroatoms. The van der Waals surface area contributed by atoms with E-state index in [-0.39, 0.29) is 29.9 Å². The third-order valence-corrected chi connectivity index (χ3v) is 6.25. The number of Topliss-reactive ketones (excluding diaryl/α,β-unsaturated/α-hetero) is 1. The number of rotatable bonds is 9. The molecule has 0 aliphatic carbocycles. The first-order valence-corrected chi connectivity index (χ1v) is 11.9. The summed E-state index contributed by atoms with van der Waals surface area (Å²) in [4.78, 5) is 23.6. The Kier molecular flexibility index (Phi) is 8.19. The summed E-state index contributed by atoms with van der Waals surface area (Å²) >= 11 is 0. The number of carbonyl (C=O) groups is 2. The van der Waals surface area contributed by atoms with E-state index in [0.29, 0.717) is 22.4 Å². The quantitative estimate of drug-likeness (QED) is 0.320. The summed E-state index contributed by atoms with van der Waals surface area (Å²) in [6.07, 6.45) is -1.39. The van der Waals surface area contributed by atoms with Crippen LogP contribution in [0.3, 0.4) is 0 Å². The van der Waals surface area contributed by atoms with Gasteiger partial charge in [0.15, 0.2) is 5.78 Å². The summed E-state index contributed by atoms with van der Waals surface area (Å²) in [5.74, 6) is 4.06. The molecule has 174 valence electrons. The standard InChI is InChI=1S/C26H23NO6S/c28-22(18-25(29)24-12-5-4-8-20(24)14-16-26(30)31)15-13-19-7-6-9-21(17-19)27-34(32,33)23-10-2-1-3-11-23/h1-12,17,22,27-28H,14,16,18H2,(H,30,31)/t22-/m0/s1. The second-order valence-electron chi connectivity index (χ2n) is 7.46. The second kappa shape index (κ2) is 11.3. The number of hydrogen-bond acceptors (Lipinski definition) is 5. The van der Waals surface area contributed by atoms with E-state index in [1.165, 1.54) is 18.2 Å². The number of hydrogen-bond donors (Lipinski definition) is 3. The zero-order chi connectivity index (χ0) is 24.6. The molecule has 0 fully saturated rings. The molecule has 0 saturated heterocycles. The van der Waals surface area contributed by atoms with Crippen LogP contribution in [0.4, 0.5) is 5.69 Å². The van der Waals surface area contributed by atoms with Gasteiger partial charge in [-0.05, 0) is 42.3 Å². The number of carboxylic acids is 1. The Morgan fingerprint density at radius 1 is 0.941 bits per heavy atom. The lowest BCUT2D eigenvalue weighted by Crippen LogP contribution is -2.14. The fraction of sp³-hybridized carbons (Fsp3) is 0.154. The molecular formula is C26H23NO6S. The number of aliphatic hydroxyl groups is 1. The summed E-state index contributed by atoms with van der Waals surface area (Å²) in [5, 5.41) is 19.1. The summed E-state index contributed by atoms with van der Waals surface area (Å²) in [6, 6.07) is 21.0. The van der Waals surface area contributed by atoms with Crippen LogP contribution in [0.1, 0.15) is 34.3 Å². The van der Waals surface area contributed by atoms with Crippen molar-refractivity contribution in [2.24, 2.45) is 0 Å². The van der Waals surface area contributed by atoms with E-state index in [0.717, 1.165) is 0 Å². The van der Waals surface area contributed by atoms with Crippen molar-refractivity contribution in [2.75, 3.05) is 4.72 Å². The van der Waals surface area contributed by atoms with Crippen LogP contribution >= 0.6 is 0 Å². The zero-order valence-electron chi connectivity index (χ0n) is 18.1. The maximum absolute atomic E-state index is 12.6. The number of aliphatic hydroxyl groups excluding tert-OH is 1. The first kappa shape index (κ1) is 24.7. The van der Waals surface area contributed by atoms with Crippen LogP contribution in [0.5, 0.6) is 0 Å². The lowest BCUT2D eigenvalue weighted by atomic mass is 9.97. The molecule has 0 heterocycles. The van der Waals surface area contributed by atoms with E-state index >= 15 is 0 Å². The van der Waals surface area contributed by atoms with Crippen LogP contribution in [-0.4, -0.2) is 36.5 Å². The van der Waals surface area contributed by atoms with Crippen molar-refractivity contribution >= 4 is 27.5 Å². The first-order chi connectivity index (χ1) is 16.2. The van der Waals surface area contributed by atoms with E-state index in [2.05, 4.69) is 16.6 Å². The number of carbonyl (C=O) groups excluding carboxylic acids is 1.